The van der Waals surface area contributed by atoms with E-state index in [1.54, 1.807) is 13.3 Å². The molecule has 0 aromatic heterocycles. The minimum absolute atomic E-state index is 0.369. The summed E-state index contributed by atoms with van der Waals surface area (Å²) in [6.45, 7) is 5.37. The summed E-state index contributed by atoms with van der Waals surface area (Å²) < 4.78 is 20.0. The number of nitrogens with two attached hydrogens (primary N) is 1. The summed E-state index contributed by atoms with van der Waals surface area (Å²) in [6.07, 6.45) is 8.85. The molecule has 190 valence electrons. The third-order valence-electron chi connectivity index (χ3n) is 5.74. The van der Waals surface area contributed by atoms with Gasteiger partial charge >= 0.3 is 0 Å². The molecule has 4 N–H and O–H groups in total. The highest BCUT2D eigenvalue weighted by atomic mass is 32.2. The summed E-state index contributed by atoms with van der Waals surface area (Å²) >= 11 is 0. The van der Waals surface area contributed by atoms with Crippen molar-refractivity contribution in [2.75, 3.05) is 40.1 Å². The van der Waals surface area contributed by atoms with E-state index >= 15 is 0 Å². The zero-order valence-corrected chi connectivity index (χ0v) is 21.8. The van der Waals surface area contributed by atoms with E-state index in [9.17, 15) is 9.00 Å². The normalized spacial score (nSPS) is 15.6. The maximum atomic E-state index is 12.2. The van der Waals surface area contributed by atoms with E-state index in [1.165, 1.54) is 12.8 Å². The Hall–Kier alpha value is -2.36. The number of rotatable bonds is 17. The average molecular weight is 492 g/mol. The molecule has 1 aliphatic rings. The van der Waals surface area contributed by atoms with Crippen LogP contribution in [0.1, 0.15) is 43.7 Å². The molecule has 1 saturated carbocycles. The first-order valence-electron chi connectivity index (χ1n) is 11.9. The Kier molecular flexibility index (Phi) is 12.1. The zero-order chi connectivity index (χ0) is 24.9. The lowest BCUT2D eigenvalue weighted by molar-refractivity contribution is -0.108. The molecule has 1 amide bonds. The van der Waals surface area contributed by atoms with Crippen LogP contribution in [0, 0.1) is 5.92 Å². The summed E-state index contributed by atoms with van der Waals surface area (Å²) in [5, 5.41) is 5.65. The van der Waals surface area contributed by atoms with Crippen LogP contribution in [0.25, 0.3) is 0 Å². The van der Waals surface area contributed by atoms with E-state index < -0.39 is 11.0 Å². The Labute approximate surface area is 207 Å². The molecule has 0 aliphatic heterocycles. The van der Waals surface area contributed by atoms with E-state index in [1.807, 2.05) is 28.4 Å². The number of nitrogens with zero attached hydrogens (tertiary/aromatic N) is 2. The smallest absolute Gasteiger partial charge is 0.211 e. The fraction of sp³-hybridized carbons (Fsp3) is 0.560. The van der Waals surface area contributed by atoms with Crippen LogP contribution in [-0.2, 0) is 33.6 Å². The Balaban J connectivity index is 2.18. The summed E-state index contributed by atoms with van der Waals surface area (Å²) in [7, 11) is 2.67. The van der Waals surface area contributed by atoms with Crippen molar-refractivity contribution in [1.82, 2.24) is 19.8 Å². The highest BCUT2D eigenvalue weighted by Crippen LogP contribution is 2.30. The number of nitrogens with one attached hydrogen (secondary N) is 2. The van der Waals surface area contributed by atoms with Crippen LogP contribution < -0.4 is 16.4 Å². The lowest BCUT2D eigenvalue weighted by Gasteiger charge is -2.26. The van der Waals surface area contributed by atoms with Crippen molar-refractivity contribution in [2.45, 2.75) is 45.7 Å². The highest BCUT2D eigenvalue weighted by Gasteiger charge is 2.25. The van der Waals surface area contributed by atoms with Gasteiger partial charge in [0, 0.05) is 46.6 Å². The van der Waals surface area contributed by atoms with Crippen molar-refractivity contribution >= 4 is 17.4 Å². The molecule has 1 unspecified atom stereocenters. The van der Waals surface area contributed by atoms with Crippen LogP contribution in [0.5, 0.6) is 0 Å². The first-order valence-corrected chi connectivity index (χ1v) is 13.4. The SMILES string of the molecule is CCCCOC/C=C(\C(NC=O)=C(\N)NC)N(C)Cc1cccc(CN(CC2CC2)S(C)=O)c1. The number of carbonyl (C=O) groups is 1. The van der Waals surface area contributed by atoms with Crippen LogP contribution in [0.3, 0.4) is 0 Å². The monoisotopic (exact) mass is 491 g/mol. The molecule has 0 radical (unpaired) electrons. The van der Waals surface area contributed by atoms with Gasteiger partial charge in [-0.1, -0.05) is 37.6 Å². The first kappa shape index (κ1) is 27.9. The number of hydrogen-bond acceptors (Lipinski definition) is 6. The van der Waals surface area contributed by atoms with E-state index in [-0.39, 0.29) is 0 Å². The second-order valence-electron chi connectivity index (χ2n) is 8.68. The summed E-state index contributed by atoms with van der Waals surface area (Å²) in [4.78, 5) is 13.3. The molecular weight excluding hydrogens is 450 g/mol. The molecule has 1 aromatic carbocycles. The molecular formula is C25H41N5O3S. The van der Waals surface area contributed by atoms with Crippen molar-refractivity contribution in [3.63, 3.8) is 0 Å². The van der Waals surface area contributed by atoms with Crippen molar-refractivity contribution in [1.29, 1.82) is 0 Å². The average Bonchev–Trinajstić information content (AvgIpc) is 3.63. The summed E-state index contributed by atoms with van der Waals surface area (Å²) in [6, 6.07) is 8.33. The van der Waals surface area contributed by atoms with Gasteiger partial charge in [0.25, 0.3) is 0 Å². The fourth-order valence-electron chi connectivity index (χ4n) is 3.63. The van der Waals surface area contributed by atoms with Gasteiger partial charge in [0.05, 0.1) is 23.3 Å². The second kappa shape index (κ2) is 14.8. The van der Waals surface area contributed by atoms with Crippen LogP contribution in [0.15, 0.2) is 47.6 Å². The van der Waals surface area contributed by atoms with Gasteiger partial charge in [-0.05, 0) is 42.4 Å². The largest absolute Gasteiger partial charge is 0.384 e. The van der Waals surface area contributed by atoms with Gasteiger partial charge in [-0.3, -0.25) is 4.79 Å². The second-order valence-corrected chi connectivity index (χ2v) is 10.0. The van der Waals surface area contributed by atoms with E-state index in [0.717, 1.165) is 36.2 Å². The van der Waals surface area contributed by atoms with Gasteiger partial charge in [0.1, 0.15) is 11.5 Å². The van der Waals surface area contributed by atoms with Gasteiger partial charge in [0.2, 0.25) is 6.41 Å². The van der Waals surface area contributed by atoms with Crippen molar-refractivity contribution in [3.8, 4) is 0 Å². The predicted molar refractivity (Wildman–Crippen MR) is 138 cm³/mol. The third-order valence-corrected chi connectivity index (χ3v) is 6.74. The van der Waals surface area contributed by atoms with Crippen LogP contribution >= 0.6 is 0 Å². The van der Waals surface area contributed by atoms with Crippen molar-refractivity contribution in [2.24, 2.45) is 11.7 Å². The third kappa shape index (κ3) is 9.48. The van der Waals surface area contributed by atoms with Gasteiger partial charge in [-0.2, -0.15) is 0 Å². The molecule has 1 aromatic rings. The summed E-state index contributed by atoms with van der Waals surface area (Å²) in [5.74, 6) is 1.05. The van der Waals surface area contributed by atoms with Gasteiger partial charge in [0.15, 0.2) is 0 Å². The molecule has 0 saturated heterocycles. The quantitative estimate of drug-likeness (QED) is 0.176. The van der Waals surface area contributed by atoms with Gasteiger partial charge < -0.3 is 26.0 Å². The molecule has 9 heteroatoms. The molecule has 0 heterocycles. The molecule has 34 heavy (non-hydrogen) atoms. The van der Waals surface area contributed by atoms with E-state index in [2.05, 4.69) is 35.8 Å². The Morgan fingerprint density at radius 1 is 1.29 bits per heavy atom. The standard InChI is InChI=1S/C25H41N5O3S/c1-5-6-13-33-14-12-23(24(28-19-31)25(26)27-2)29(3)16-21-8-7-9-22(15-21)18-30(34(4)32)17-20-10-11-20/h7-9,12,15,19-20,27H,5-6,10-11,13-14,16-18,26H2,1-4H3,(H,28,31)/b23-12+,25-24+. The number of unbranched alkanes of at least 4 members (excludes halogenated alkanes) is 1. The molecule has 1 aliphatic carbocycles. The molecule has 0 bridgehead atoms. The Bertz CT molecular complexity index is 870. The fourth-order valence-corrected chi connectivity index (χ4v) is 4.38. The van der Waals surface area contributed by atoms with Crippen molar-refractivity contribution < 1.29 is 13.7 Å². The Morgan fingerprint density at radius 3 is 2.59 bits per heavy atom. The van der Waals surface area contributed by atoms with Crippen LogP contribution in [0.4, 0.5) is 0 Å². The topological polar surface area (TPSA) is 99.9 Å². The van der Waals surface area contributed by atoms with Gasteiger partial charge in [-0.25, -0.2) is 8.51 Å². The maximum absolute atomic E-state index is 12.2. The molecule has 8 nitrogen and oxygen atoms in total. The summed E-state index contributed by atoms with van der Waals surface area (Å²) in [5.41, 5.74) is 9.66. The minimum Gasteiger partial charge on any atom is -0.384 e. The minimum atomic E-state index is -0.999. The predicted octanol–water partition coefficient (Wildman–Crippen LogP) is 2.42. The zero-order valence-electron chi connectivity index (χ0n) is 21.0. The number of hydrogen-bond donors (Lipinski definition) is 3. The number of benzene rings is 1. The molecule has 1 atom stereocenters. The first-order chi connectivity index (χ1) is 16.4. The van der Waals surface area contributed by atoms with Crippen molar-refractivity contribution in [3.05, 3.63) is 58.7 Å². The number of ether oxygens (including phenoxy) is 1. The van der Waals surface area contributed by atoms with Crippen LogP contribution in [-0.4, -0.2) is 59.9 Å². The number of likely N-dealkylation sites (N-methyl/N-ethyl adjacent to an activating group) is 1. The lowest BCUT2D eigenvalue weighted by Crippen LogP contribution is -2.31. The lowest BCUT2D eigenvalue weighted by atomic mass is 10.1. The number of carbonyl (C=O) groups excluding carboxylic acids is 1. The highest BCUT2D eigenvalue weighted by molar-refractivity contribution is 7.81. The molecule has 1 fully saturated rings. The maximum Gasteiger partial charge on any atom is 0.211 e. The Morgan fingerprint density at radius 2 is 2.00 bits per heavy atom. The van der Waals surface area contributed by atoms with E-state index in [0.29, 0.717) is 50.1 Å². The number of amides is 1. The van der Waals surface area contributed by atoms with Crippen LogP contribution in [0.2, 0.25) is 0 Å². The molecule has 2 rings (SSSR count). The van der Waals surface area contributed by atoms with Gasteiger partial charge in [-0.15, -0.1) is 0 Å². The molecule has 0 spiro atoms. The van der Waals surface area contributed by atoms with E-state index in [4.69, 9.17) is 10.5 Å².